The van der Waals surface area contributed by atoms with Crippen molar-refractivity contribution < 1.29 is 18.0 Å². The lowest BCUT2D eigenvalue weighted by molar-refractivity contribution is 0.0950. The summed E-state index contributed by atoms with van der Waals surface area (Å²) in [4.78, 5) is 24.0. The van der Waals surface area contributed by atoms with Crippen LogP contribution in [-0.4, -0.2) is 66.0 Å². The van der Waals surface area contributed by atoms with E-state index >= 15 is 0 Å². The van der Waals surface area contributed by atoms with Gasteiger partial charge in [0.05, 0.1) is 10.6 Å². The van der Waals surface area contributed by atoms with E-state index in [4.69, 9.17) is 23.2 Å². The smallest absolute Gasteiger partial charge is 0.253 e. The maximum Gasteiger partial charge on any atom is 0.253 e. The van der Waals surface area contributed by atoms with Crippen molar-refractivity contribution in [1.82, 2.24) is 20.1 Å². The molecular weight excluding hydrogens is 562 g/mol. The summed E-state index contributed by atoms with van der Waals surface area (Å²) in [5.74, 6) is -1.85. The molecule has 1 aromatic heterocycles. The van der Waals surface area contributed by atoms with E-state index in [1.54, 1.807) is 18.2 Å². The maximum absolute atomic E-state index is 14.0. The average Bonchev–Trinajstić information content (AvgIpc) is 2.95. The number of nitrogens with zero attached hydrogens (tertiary/aromatic N) is 4. The maximum atomic E-state index is 14.0. The summed E-state index contributed by atoms with van der Waals surface area (Å²) < 4.78 is 40.7. The average molecular weight is 592 g/mol. The minimum atomic E-state index is -0.817. The number of carbonyl (C=O) groups is 1. The quantitative estimate of drug-likeness (QED) is 0.392. The number of aromatic nitrogens is 1. The SMILES string of the molecule is O=C(NCc1ccc(Cl)cc1F)c1cnc(N2CCN(C3CCN(Cc4ccc(F)c(F)c4)CC3)CC2)c(Cl)c1. The highest BCUT2D eigenvalue weighted by atomic mass is 35.5. The van der Waals surface area contributed by atoms with Gasteiger partial charge in [-0.05, 0) is 61.8 Å². The lowest BCUT2D eigenvalue weighted by Crippen LogP contribution is -2.53. The van der Waals surface area contributed by atoms with Crippen LogP contribution in [0.4, 0.5) is 19.0 Å². The molecule has 0 aliphatic carbocycles. The Labute approximate surface area is 241 Å². The van der Waals surface area contributed by atoms with E-state index in [9.17, 15) is 18.0 Å². The Morgan fingerprint density at radius 2 is 1.65 bits per heavy atom. The van der Waals surface area contributed by atoms with Gasteiger partial charge in [-0.3, -0.25) is 14.6 Å². The van der Waals surface area contributed by atoms with Gasteiger partial charge in [0, 0.05) is 62.1 Å². The minimum Gasteiger partial charge on any atom is -0.353 e. The van der Waals surface area contributed by atoms with Gasteiger partial charge in [-0.15, -0.1) is 0 Å². The van der Waals surface area contributed by atoms with Crippen LogP contribution in [0.15, 0.2) is 48.7 Å². The number of nitrogens with one attached hydrogen (secondary N) is 1. The van der Waals surface area contributed by atoms with Crippen molar-refractivity contribution in [1.29, 1.82) is 0 Å². The van der Waals surface area contributed by atoms with Crippen LogP contribution in [-0.2, 0) is 13.1 Å². The fraction of sp³-hybridized carbons (Fsp3) is 0.379. The first-order valence-electron chi connectivity index (χ1n) is 13.3. The molecule has 2 aromatic carbocycles. The summed E-state index contributed by atoms with van der Waals surface area (Å²) in [6, 6.07) is 10.5. The minimum absolute atomic E-state index is 0.0207. The number of hydrogen-bond donors (Lipinski definition) is 1. The fourth-order valence-corrected chi connectivity index (χ4v) is 5.81. The molecule has 2 aliphatic heterocycles. The highest BCUT2D eigenvalue weighted by Crippen LogP contribution is 2.27. The molecule has 0 spiro atoms. The number of piperidine rings is 1. The number of hydrogen-bond acceptors (Lipinski definition) is 5. The Morgan fingerprint density at radius 1 is 0.900 bits per heavy atom. The third kappa shape index (κ3) is 6.89. The Balaban J connectivity index is 1.09. The van der Waals surface area contributed by atoms with Crippen molar-refractivity contribution >= 4 is 34.9 Å². The topological polar surface area (TPSA) is 51.7 Å². The molecule has 3 heterocycles. The largest absolute Gasteiger partial charge is 0.353 e. The Morgan fingerprint density at radius 3 is 2.33 bits per heavy atom. The number of rotatable bonds is 7. The molecule has 0 saturated carbocycles. The van der Waals surface area contributed by atoms with Gasteiger partial charge in [0.1, 0.15) is 11.6 Å². The molecule has 11 heteroatoms. The second-order valence-corrected chi connectivity index (χ2v) is 11.1. The third-order valence-electron chi connectivity index (χ3n) is 7.62. The van der Waals surface area contributed by atoms with Gasteiger partial charge in [-0.1, -0.05) is 35.3 Å². The summed E-state index contributed by atoms with van der Waals surface area (Å²) in [6.45, 7) is 5.74. The first-order valence-corrected chi connectivity index (χ1v) is 14.1. The van der Waals surface area contributed by atoms with Crippen LogP contribution in [0.1, 0.15) is 34.3 Å². The summed E-state index contributed by atoms with van der Waals surface area (Å²) >= 11 is 12.3. The zero-order chi connectivity index (χ0) is 28.2. The lowest BCUT2D eigenvalue weighted by atomic mass is 10.0. The van der Waals surface area contributed by atoms with E-state index in [0.29, 0.717) is 39.6 Å². The van der Waals surface area contributed by atoms with Crippen LogP contribution in [0.3, 0.4) is 0 Å². The normalized spacial score (nSPS) is 17.3. The second-order valence-electron chi connectivity index (χ2n) is 10.2. The molecule has 0 unspecified atom stereocenters. The summed E-state index contributed by atoms with van der Waals surface area (Å²) in [5.41, 5.74) is 1.42. The number of pyridine rings is 1. The number of piperazine rings is 1. The summed E-state index contributed by atoms with van der Waals surface area (Å²) in [6.07, 6.45) is 3.53. The predicted molar refractivity (Wildman–Crippen MR) is 150 cm³/mol. The van der Waals surface area contributed by atoms with Gasteiger partial charge >= 0.3 is 0 Å². The van der Waals surface area contributed by atoms with E-state index in [0.717, 1.165) is 57.7 Å². The molecule has 0 radical (unpaired) electrons. The summed E-state index contributed by atoms with van der Waals surface area (Å²) in [7, 11) is 0. The van der Waals surface area contributed by atoms with E-state index < -0.39 is 23.4 Å². The fourth-order valence-electron chi connectivity index (χ4n) is 5.37. The molecule has 6 nitrogen and oxygen atoms in total. The van der Waals surface area contributed by atoms with Crippen LogP contribution in [0.2, 0.25) is 10.0 Å². The highest BCUT2D eigenvalue weighted by molar-refractivity contribution is 6.33. The van der Waals surface area contributed by atoms with Gasteiger partial charge in [-0.2, -0.15) is 0 Å². The first kappa shape index (κ1) is 28.7. The van der Waals surface area contributed by atoms with Gasteiger partial charge in [-0.25, -0.2) is 18.2 Å². The van der Waals surface area contributed by atoms with E-state index in [-0.39, 0.29) is 6.54 Å². The van der Waals surface area contributed by atoms with E-state index in [2.05, 4.69) is 25.0 Å². The molecule has 0 atom stereocenters. The molecule has 1 amide bonds. The van der Waals surface area contributed by atoms with Crippen LogP contribution in [0.5, 0.6) is 0 Å². The zero-order valence-electron chi connectivity index (χ0n) is 21.9. The number of benzene rings is 2. The molecule has 2 saturated heterocycles. The Bertz CT molecular complexity index is 1360. The predicted octanol–water partition coefficient (Wildman–Crippen LogP) is 5.52. The van der Waals surface area contributed by atoms with Gasteiger partial charge in [0.15, 0.2) is 11.6 Å². The molecule has 3 aromatic rings. The van der Waals surface area contributed by atoms with Crippen LogP contribution in [0.25, 0.3) is 0 Å². The molecule has 2 fully saturated rings. The standard InChI is InChI=1S/C29H30Cl2F3N5O/c30-22-3-2-20(26(33)15-22)16-36-29(40)21-14-24(31)28(35-17-21)39-11-9-38(10-12-39)23-5-7-37(8-6-23)18-19-1-4-25(32)27(34)13-19/h1-4,13-15,17,23H,5-12,16,18H2,(H,36,40). The molecular formula is C29H30Cl2F3N5O. The zero-order valence-corrected chi connectivity index (χ0v) is 23.4. The number of anilines is 1. The van der Waals surface area contributed by atoms with Crippen molar-refractivity contribution in [2.75, 3.05) is 44.2 Å². The van der Waals surface area contributed by atoms with Gasteiger partial charge < -0.3 is 10.2 Å². The van der Waals surface area contributed by atoms with Crippen molar-refractivity contribution in [3.63, 3.8) is 0 Å². The van der Waals surface area contributed by atoms with Crippen molar-refractivity contribution in [3.8, 4) is 0 Å². The van der Waals surface area contributed by atoms with Gasteiger partial charge in [0.25, 0.3) is 5.91 Å². The van der Waals surface area contributed by atoms with E-state index in [1.165, 1.54) is 30.5 Å². The van der Waals surface area contributed by atoms with Crippen molar-refractivity contribution in [3.05, 3.63) is 92.8 Å². The first-order chi connectivity index (χ1) is 19.3. The lowest BCUT2D eigenvalue weighted by Gasteiger charge is -2.43. The summed E-state index contributed by atoms with van der Waals surface area (Å²) in [5, 5.41) is 3.38. The molecule has 2 aliphatic rings. The number of likely N-dealkylation sites (tertiary alicyclic amines) is 1. The Hall–Kier alpha value is -2.85. The van der Waals surface area contributed by atoms with Crippen LogP contribution < -0.4 is 10.2 Å². The molecule has 40 heavy (non-hydrogen) atoms. The van der Waals surface area contributed by atoms with Gasteiger partial charge in [0.2, 0.25) is 0 Å². The van der Waals surface area contributed by atoms with Crippen molar-refractivity contribution in [2.24, 2.45) is 0 Å². The number of halogens is 5. The number of amides is 1. The van der Waals surface area contributed by atoms with Crippen molar-refractivity contribution in [2.45, 2.75) is 32.0 Å². The third-order valence-corrected chi connectivity index (χ3v) is 8.13. The number of carbonyl (C=O) groups excluding carboxylic acids is 1. The molecule has 212 valence electrons. The Kier molecular flexibility index (Phi) is 9.15. The van der Waals surface area contributed by atoms with Crippen LogP contribution >= 0.6 is 23.2 Å². The molecule has 1 N–H and O–H groups in total. The second kappa shape index (κ2) is 12.8. The molecule has 0 bridgehead atoms. The molecule has 5 rings (SSSR count). The van der Waals surface area contributed by atoms with E-state index in [1.807, 2.05) is 0 Å². The highest BCUT2D eigenvalue weighted by Gasteiger charge is 2.28. The monoisotopic (exact) mass is 591 g/mol. The van der Waals surface area contributed by atoms with Crippen LogP contribution in [0, 0.1) is 17.5 Å².